The van der Waals surface area contributed by atoms with Gasteiger partial charge in [0, 0.05) is 5.69 Å². The Kier molecular flexibility index (Phi) is 3.60. The van der Waals surface area contributed by atoms with Crippen LogP contribution in [-0.4, -0.2) is 21.5 Å². The van der Waals surface area contributed by atoms with Gasteiger partial charge >= 0.3 is 6.09 Å². The highest BCUT2D eigenvalue weighted by Gasteiger charge is 2.17. The summed E-state index contributed by atoms with van der Waals surface area (Å²) in [5, 5.41) is 6.76. The number of aromatic nitrogens is 2. The molecule has 0 aromatic carbocycles. The van der Waals surface area contributed by atoms with Crippen molar-refractivity contribution in [1.82, 2.24) is 15.1 Å². The van der Waals surface area contributed by atoms with E-state index in [2.05, 4.69) is 17.0 Å². The molecule has 5 nitrogen and oxygen atoms in total. The first-order valence-corrected chi connectivity index (χ1v) is 5.41. The highest BCUT2D eigenvalue weighted by molar-refractivity contribution is 5.75. The van der Waals surface area contributed by atoms with E-state index in [9.17, 15) is 4.79 Å². The third kappa shape index (κ3) is 3.94. The summed E-state index contributed by atoms with van der Waals surface area (Å²) in [7, 11) is 0. The number of aryl methyl sites for hydroxylation is 2. The molecule has 0 bridgehead atoms. The van der Waals surface area contributed by atoms with Crippen LogP contribution in [0.15, 0.2) is 12.6 Å². The molecule has 17 heavy (non-hydrogen) atoms. The van der Waals surface area contributed by atoms with Crippen LogP contribution >= 0.6 is 0 Å². The Morgan fingerprint density at radius 3 is 2.47 bits per heavy atom. The molecule has 1 heterocycles. The molecule has 0 fully saturated rings. The number of rotatable bonds is 2. The van der Waals surface area contributed by atoms with Crippen molar-refractivity contribution in [1.29, 1.82) is 0 Å². The molecule has 1 N–H and O–H groups in total. The average Bonchev–Trinajstić information content (AvgIpc) is 2.41. The Morgan fingerprint density at radius 1 is 1.47 bits per heavy atom. The van der Waals surface area contributed by atoms with Gasteiger partial charge in [-0.15, -0.1) is 0 Å². The van der Waals surface area contributed by atoms with Crippen LogP contribution in [0, 0.1) is 13.8 Å². The molecule has 0 atom stereocenters. The van der Waals surface area contributed by atoms with Gasteiger partial charge < -0.3 is 4.74 Å². The number of nitrogens with one attached hydrogen (secondary N) is 1. The molecule has 1 rings (SSSR count). The largest absolute Gasteiger partial charge is 0.444 e. The van der Waals surface area contributed by atoms with Crippen molar-refractivity contribution in [2.24, 2.45) is 0 Å². The van der Waals surface area contributed by atoms with Crippen LogP contribution in [0.3, 0.4) is 0 Å². The minimum Gasteiger partial charge on any atom is -0.444 e. The fourth-order valence-electron chi connectivity index (χ4n) is 1.38. The van der Waals surface area contributed by atoms with Gasteiger partial charge in [0.05, 0.1) is 5.69 Å². The maximum absolute atomic E-state index is 11.5. The summed E-state index contributed by atoms with van der Waals surface area (Å²) >= 11 is 0. The van der Waals surface area contributed by atoms with Crippen molar-refractivity contribution in [3.63, 3.8) is 0 Å². The lowest BCUT2D eigenvalue weighted by molar-refractivity contribution is 0.0555. The van der Waals surface area contributed by atoms with Gasteiger partial charge in [-0.25, -0.2) is 9.48 Å². The van der Waals surface area contributed by atoms with Crippen LogP contribution in [0.5, 0.6) is 0 Å². The maximum atomic E-state index is 11.5. The second kappa shape index (κ2) is 4.61. The molecule has 1 amide bonds. The Balaban J connectivity index is 2.67. The lowest BCUT2D eigenvalue weighted by Crippen LogP contribution is -2.33. The average molecular weight is 237 g/mol. The predicted octanol–water partition coefficient (Wildman–Crippen LogP) is 2.45. The van der Waals surface area contributed by atoms with E-state index in [1.165, 1.54) is 0 Å². The fourth-order valence-corrected chi connectivity index (χ4v) is 1.38. The number of hydrogen-bond donors (Lipinski definition) is 1. The minimum atomic E-state index is -0.532. The number of alkyl carbamates (subject to hydrolysis) is 1. The number of carbonyl (C=O) groups excluding carboxylic acids is 1. The Bertz CT molecular complexity index is 441. The summed E-state index contributed by atoms with van der Waals surface area (Å²) in [6.45, 7) is 12.9. The third-order valence-electron chi connectivity index (χ3n) is 1.91. The summed E-state index contributed by atoms with van der Waals surface area (Å²) < 4.78 is 6.69. The number of carbonyl (C=O) groups is 1. The standard InChI is InChI=1S/C12H19N3O2/c1-8-7-9(2)15(14-8)10(3)13-11(16)17-12(4,5)6/h7H,3H2,1-2,4-6H3,(H,13,16). The summed E-state index contributed by atoms with van der Waals surface area (Å²) in [5.74, 6) is 0.379. The van der Waals surface area contributed by atoms with Crippen molar-refractivity contribution in [3.8, 4) is 0 Å². The molecular formula is C12H19N3O2. The molecular weight excluding hydrogens is 218 g/mol. The van der Waals surface area contributed by atoms with Gasteiger partial charge in [0.2, 0.25) is 0 Å². The van der Waals surface area contributed by atoms with Crippen LogP contribution in [0.4, 0.5) is 4.79 Å². The molecule has 0 saturated heterocycles. The van der Waals surface area contributed by atoms with E-state index >= 15 is 0 Å². The van der Waals surface area contributed by atoms with E-state index in [1.807, 2.05) is 19.9 Å². The third-order valence-corrected chi connectivity index (χ3v) is 1.91. The molecule has 0 saturated carbocycles. The molecule has 0 aliphatic rings. The molecule has 1 aromatic rings. The van der Waals surface area contributed by atoms with E-state index in [4.69, 9.17) is 4.74 Å². The van der Waals surface area contributed by atoms with Gasteiger partial charge in [-0.3, -0.25) is 5.32 Å². The molecule has 0 spiro atoms. The molecule has 0 aliphatic carbocycles. The topological polar surface area (TPSA) is 56.1 Å². The molecule has 0 radical (unpaired) electrons. The number of amides is 1. The van der Waals surface area contributed by atoms with Crippen molar-refractivity contribution < 1.29 is 9.53 Å². The van der Waals surface area contributed by atoms with Gasteiger partial charge in [0.15, 0.2) is 0 Å². The van der Waals surface area contributed by atoms with E-state index in [1.54, 1.807) is 25.5 Å². The lowest BCUT2D eigenvalue weighted by atomic mass is 10.2. The van der Waals surface area contributed by atoms with Gasteiger partial charge in [0.1, 0.15) is 11.4 Å². The SMILES string of the molecule is C=C(NC(=O)OC(C)(C)C)n1nc(C)cc1C. The van der Waals surface area contributed by atoms with Gasteiger partial charge in [0.25, 0.3) is 0 Å². The zero-order valence-electron chi connectivity index (χ0n) is 11.0. The van der Waals surface area contributed by atoms with Crippen LogP contribution in [0.25, 0.3) is 5.82 Å². The van der Waals surface area contributed by atoms with Crippen LogP contribution < -0.4 is 5.32 Å². The zero-order chi connectivity index (χ0) is 13.2. The van der Waals surface area contributed by atoms with E-state index in [-0.39, 0.29) is 0 Å². The van der Waals surface area contributed by atoms with E-state index in [0.29, 0.717) is 5.82 Å². The molecule has 0 aliphatic heterocycles. The van der Waals surface area contributed by atoms with Crippen LogP contribution in [0.2, 0.25) is 0 Å². The summed E-state index contributed by atoms with van der Waals surface area (Å²) in [5.41, 5.74) is 1.25. The summed E-state index contributed by atoms with van der Waals surface area (Å²) in [6, 6.07) is 1.90. The number of hydrogen-bond acceptors (Lipinski definition) is 3. The first kappa shape index (κ1) is 13.3. The lowest BCUT2D eigenvalue weighted by Gasteiger charge is -2.20. The summed E-state index contributed by atoms with van der Waals surface area (Å²) in [4.78, 5) is 11.5. The molecule has 1 aromatic heterocycles. The highest BCUT2D eigenvalue weighted by atomic mass is 16.6. The van der Waals surface area contributed by atoms with Crippen molar-refractivity contribution in [2.75, 3.05) is 0 Å². The highest BCUT2D eigenvalue weighted by Crippen LogP contribution is 2.09. The summed E-state index contributed by atoms with van der Waals surface area (Å²) in [6.07, 6.45) is -0.532. The fraction of sp³-hybridized carbons (Fsp3) is 0.500. The number of nitrogens with zero attached hydrogens (tertiary/aromatic N) is 2. The van der Waals surface area contributed by atoms with Crippen LogP contribution in [0.1, 0.15) is 32.2 Å². The number of ether oxygens (including phenoxy) is 1. The first-order chi connectivity index (χ1) is 7.69. The van der Waals surface area contributed by atoms with Crippen molar-refractivity contribution in [2.45, 2.75) is 40.2 Å². The Labute approximate surface area is 101 Å². The minimum absolute atomic E-state index is 0.379. The smallest absolute Gasteiger partial charge is 0.413 e. The Morgan fingerprint density at radius 2 is 2.06 bits per heavy atom. The normalized spacial score (nSPS) is 11.1. The monoisotopic (exact) mass is 237 g/mol. The molecule has 5 heteroatoms. The Hall–Kier alpha value is -1.78. The van der Waals surface area contributed by atoms with Crippen molar-refractivity contribution in [3.05, 3.63) is 24.0 Å². The van der Waals surface area contributed by atoms with Gasteiger partial charge in [-0.1, -0.05) is 6.58 Å². The second-order valence-electron chi connectivity index (χ2n) is 4.91. The molecule has 0 unspecified atom stereocenters. The van der Waals surface area contributed by atoms with E-state index in [0.717, 1.165) is 11.4 Å². The van der Waals surface area contributed by atoms with E-state index < -0.39 is 11.7 Å². The van der Waals surface area contributed by atoms with Crippen LogP contribution in [-0.2, 0) is 4.74 Å². The van der Waals surface area contributed by atoms with Crippen molar-refractivity contribution >= 4 is 11.9 Å². The first-order valence-electron chi connectivity index (χ1n) is 5.41. The van der Waals surface area contributed by atoms with Gasteiger partial charge in [-0.05, 0) is 40.7 Å². The molecule has 94 valence electrons. The quantitative estimate of drug-likeness (QED) is 0.859. The zero-order valence-corrected chi connectivity index (χ0v) is 11.0. The maximum Gasteiger partial charge on any atom is 0.413 e. The predicted molar refractivity (Wildman–Crippen MR) is 66.4 cm³/mol. The van der Waals surface area contributed by atoms with Gasteiger partial charge in [-0.2, -0.15) is 5.10 Å². The second-order valence-corrected chi connectivity index (χ2v) is 4.91.